The number of carbonyl (C=O) groups is 3. The molecular formula is C28H28ClN3O11S2. The summed E-state index contributed by atoms with van der Waals surface area (Å²) in [4.78, 5) is 41.2. The first-order valence-corrected chi connectivity index (χ1v) is 17.0. The van der Waals surface area contributed by atoms with Crippen molar-refractivity contribution in [3.8, 4) is 11.5 Å². The van der Waals surface area contributed by atoms with E-state index in [4.69, 9.17) is 42.2 Å². The lowest BCUT2D eigenvalue weighted by atomic mass is 10.1. The zero-order valence-electron chi connectivity index (χ0n) is 24.0. The topological polar surface area (TPSA) is 212 Å². The zero-order chi connectivity index (χ0) is 32.6. The lowest BCUT2D eigenvalue weighted by molar-refractivity contribution is -2.00. The second kappa shape index (κ2) is 15.6. The van der Waals surface area contributed by atoms with Gasteiger partial charge in [-0.3, -0.25) is 14.9 Å². The van der Waals surface area contributed by atoms with Crippen LogP contribution in [0, 0.1) is 10.2 Å². The predicted molar refractivity (Wildman–Crippen MR) is 155 cm³/mol. The van der Waals surface area contributed by atoms with Crippen LogP contribution in [-0.2, 0) is 23.8 Å². The number of aromatic nitrogens is 1. The molecule has 1 saturated heterocycles. The van der Waals surface area contributed by atoms with Crippen LogP contribution in [0.3, 0.4) is 0 Å². The van der Waals surface area contributed by atoms with Crippen LogP contribution in [0.4, 0.5) is 10.5 Å². The Labute approximate surface area is 266 Å². The zero-order valence-corrected chi connectivity index (χ0v) is 26.4. The van der Waals surface area contributed by atoms with Crippen LogP contribution in [0.2, 0.25) is 0 Å². The van der Waals surface area contributed by atoms with Crippen LogP contribution < -0.4 is 33.9 Å². The first-order chi connectivity index (χ1) is 21.4. The van der Waals surface area contributed by atoms with E-state index in [1.807, 2.05) is 47.0 Å². The minimum atomic E-state index is -4.94. The molecule has 0 aromatic heterocycles. The third-order valence-electron chi connectivity index (χ3n) is 6.47. The number of rotatable bonds is 8. The van der Waals surface area contributed by atoms with E-state index in [2.05, 4.69) is 5.32 Å². The fraction of sp³-hybridized carbons (Fsp3) is 0.321. The van der Waals surface area contributed by atoms with E-state index in [1.165, 1.54) is 14.2 Å². The quantitative estimate of drug-likeness (QED) is 0.0623. The number of anilines is 1. The van der Waals surface area contributed by atoms with Crippen molar-refractivity contribution in [3.63, 3.8) is 0 Å². The van der Waals surface area contributed by atoms with Crippen molar-refractivity contribution in [2.75, 3.05) is 44.1 Å². The number of nitrogens with one attached hydrogen (secondary N) is 1. The summed E-state index contributed by atoms with van der Waals surface area (Å²) in [6.07, 6.45) is -0.340. The van der Waals surface area contributed by atoms with Crippen LogP contribution in [0.1, 0.15) is 12.8 Å². The average Bonchev–Trinajstić information content (AvgIpc) is 3.51. The SMILES string of the molecule is COC(=O)CC[N+](CCC(=O)OC)=c1ccc2nc3c(cc(NC(=O)OC4CSSC4)c4ccccc43)oc-2c1.[O-][Cl+3]([O-])([O-])[O-]. The van der Waals surface area contributed by atoms with Crippen LogP contribution in [0.5, 0.6) is 0 Å². The summed E-state index contributed by atoms with van der Waals surface area (Å²) in [6.45, 7) is 0.685. The second-order valence-corrected chi connectivity index (χ2v) is 12.7. The number of methoxy groups -OCH3 is 2. The number of nitrogens with zero attached hydrogens (tertiary/aromatic N) is 2. The van der Waals surface area contributed by atoms with Gasteiger partial charge < -0.3 is 18.6 Å². The summed E-state index contributed by atoms with van der Waals surface area (Å²) in [5.74, 6) is 1.34. The van der Waals surface area contributed by atoms with Gasteiger partial charge in [-0.25, -0.2) is 33.0 Å². The van der Waals surface area contributed by atoms with Gasteiger partial charge in [0.2, 0.25) is 5.36 Å². The van der Waals surface area contributed by atoms with Gasteiger partial charge in [0.05, 0.1) is 26.0 Å². The molecule has 3 aliphatic rings. The predicted octanol–water partition coefficient (Wildman–Crippen LogP) is -0.460. The number of amides is 1. The Hall–Kier alpha value is -3.64. The van der Waals surface area contributed by atoms with Crippen LogP contribution in [-0.4, -0.2) is 67.9 Å². The molecule has 0 unspecified atom stereocenters. The summed E-state index contributed by atoms with van der Waals surface area (Å²) in [5.41, 5.74) is 2.34. The van der Waals surface area contributed by atoms with Gasteiger partial charge >= 0.3 is 18.0 Å². The molecular weight excluding hydrogens is 654 g/mol. The van der Waals surface area contributed by atoms with Gasteiger partial charge in [-0.2, -0.15) is 0 Å². The van der Waals surface area contributed by atoms with Gasteiger partial charge in [-0.1, -0.05) is 45.9 Å². The molecule has 1 aliphatic carbocycles. The Balaban J connectivity index is 0.000000854. The van der Waals surface area contributed by atoms with E-state index >= 15 is 0 Å². The third-order valence-corrected chi connectivity index (χ3v) is 8.97. The van der Waals surface area contributed by atoms with Crippen LogP contribution in [0.25, 0.3) is 33.3 Å². The molecule has 0 saturated carbocycles. The fourth-order valence-corrected chi connectivity index (χ4v) is 6.93. The van der Waals surface area contributed by atoms with Crippen molar-refractivity contribution in [1.82, 2.24) is 9.56 Å². The highest BCUT2D eigenvalue weighted by Gasteiger charge is 2.22. The molecule has 17 heteroatoms. The standard InChI is InChI=1S/C28H27N3O7S2.ClHO4/c1-35-25(32)9-11-31(12-10-26(33)36-2)17-7-8-21-23(13-17)38-24-14-22(30-28(34)37-18-15-39-40-16-18)19-5-3-4-6-20(19)27(24)29-21;2-1(3,4)5/h3-8,13-14,18H,9-12,15-16H2,1-2H3;(H,2,3,4,5). The summed E-state index contributed by atoms with van der Waals surface area (Å²) >= 11 is 0. The number of fused-ring (bicyclic) bond motifs is 4. The highest BCUT2D eigenvalue weighted by Crippen LogP contribution is 2.35. The molecule has 0 bridgehead atoms. The highest BCUT2D eigenvalue weighted by atomic mass is 35.7. The Bertz CT molecular complexity index is 1690. The van der Waals surface area contributed by atoms with Gasteiger partial charge in [0.25, 0.3) is 0 Å². The van der Waals surface area contributed by atoms with Gasteiger partial charge in [-0.05, 0) is 6.07 Å². The molecule has 2 aromatic carbocycles. The number of carbonyl (C=O) groups excluding carboxylic acids is 3. The molecule has 240 valence electrons. The van der Waals surface area contributed by atoms with Crippen molar-refractivity contribution in [2.45, 2.75) is 18.9 Å². The van der Waals surface area contributed by atoms with Gasteiger partial charge in [-0.15, -0.1) is 10.2 Å². The molecule has 1 amide bonds. The van der Waals surface area contributed by atoms with Gasteiger partial charge in [0, 0.05) is 34.4 Å². The lowest BCUT2D eigenvalue weighted by Crippen LogP contribution is -2.68. The summed E-state index contributed by atoms with van der Waals surface area (Å²) in [6, 6.07) is 14.9. The minimum absolute atomic E-state index is 0.128. The Morgan fingerprint density at radius 1 is 0.956 bits per heavy atom. The molecule has 0 radical (unpaired) electrons. The average molecular weight is 682 g/mol. The van der Waals surface area contributed by atoms with Crippen LogP contribution >= 0.6 is 21.6 Å². The molecule has 2 aliphatic heterocycles. The number of halogens is 1. The van der Waals surface area contributed by atoms with Crippen molar-refractivity contribution in [3.05, 3.63) is 53.9 Å². The highest BCUT2D eigenvalue weighted by molar-refractivity contribution is 8.77. The maximum atomic E-state index is 12.7. The molecule has 2 heterocycles. The maximum Gasteiger partial charge on any atom is 0.411 e. The van der Waals surface area contributed by atoms with E-state index in [0.717, 1.165) is 27.6 Å². The van der Waals surface area contributed by atoms with E-state index in [1.54, 1.807) is 27.7 Å². The normalized spacial score (nSPS) is 13.3. The molecule has 1 fully saturated rings. The first-order valence-electron chi connectivity index (χ1n) is 13.3. The van der Waals surface area contributed by atoms with E-state index in [0.29, 0.717) is 41.3 Å². The Morgan fingerprint density at radius 3 is 2.16 bits per heavy atom. The van der Waals surface area contributed by atoms with Crippen molar-refractivity contribution >= 4 is 67.2 Å². The minimum Gasteiger partial charge on any atom is -0.469 e. The molecule has 14 nitrogen and oxygen atoms in total. The summed E-state index contributed by atoms with van der Waals surface area (Å²) < 4.78 is 57.3. The number of esters is 2. The molecule has 0 spiro atoms. The molecule has 1 N–H and O–H groups in total. The summed E-state index contributed by atoms with van der Waals surface area (Å²) in [5, 5.41) is 5.28. The Morgan fingerprint density at radius 2 is 1.56 bits per heavy atom. The fourth-order valence-electron chi connectivity index (χ4n) is 4.43. The third kappa shape index (κ3) is 9.92. The van der Waals surface area contributed by atoms with Gasteiger partial charge in [0.15, 0.2) is 24.4 Å². The number of ether oxygens (including phenoxy) is 3. The second-order valence-electron chi connectivity index (χ2n) is 9.42. The lowest BCUT2D eigenvalue weighted by Gasteiger charge is -2.17. The van der Waals surface area contributed by atoms with Crippen molar-refractivity contribution in [2.24, 2.45) is 0 Å². The maximum absolute atomic E-state index is 12.7. The molecule has 5 rings (SSSR count). The largest absolute Gasteiger partial charge is 0.469 e. The number of hydrogen-bond donors (Lipinski definition) is 1. The van der Waals surface area contributed by atoms with E-state index in [-0.39, 0.29) is 30.9 Å². The number of hydrogen-bond acceptors (Lipinski definition) is 14. The van der Waals surface area contributed by atoms with E-state index in [9.17, 15) is 14.4 Å². The smallest absolute Gasteiger partial charge is 0.411 e. The number of benzene rings is 3. The van der Waals surface area contributed by atoms with E-state index < -0.39 is 16.3 Å². The first kappa shape index (κ1) is 34.2. The van der Waals surface area contributed by atoms with Gasteiger partial charge in [0.1, 0.15) is 30.2 Å². The monoisotopic (exact) mass is 681 g/mol. The Kier molecular flexibility index (Phi) is 11.8. The molecule has 0 atom stereocenters. The van der Waals surface area contributed by atoms with Crippen molar-refractivity contribution < 1.29 is 61.9 Å². The summed E-state index contributed by atoms with van der Waals surface area (Å²) in [7, 11) is 1.11. The molecule has 45 heavy (non-hydrogen) atoms. The van der Waals surface area contributed by atoms with Crippen LogP contribution in [0.15, 0.2) is 52.9 Å². The van der Waals surface area contributed by atoms with Crippen molar-refractivity contribution in [1.29, 1.82) is 0 Å². The molecule has 2 aromatic rings.